The molecule has 13 nitrogen and oxygen atoms in total. The predicted octanol–water partition coefficient (Wildman–Crippen LogP) is 3.50. The molecule has 1 saturated heterocycles. The summed E-state index contributed by atoms with van der Waals surface area (Å²) < 4.78 is 39.2. The van der Waals surface area contributed by atoms with Crippen LogP contribution in [-0.4, -0.2) is 61.1 Å². The zero-order chi connectivity index (χ0) is 28.3. The fourth-order valence-corrected chi connectivity index (χ4v) is 6.76. The quantitative estimate of drug-likeness (QED) is 0.238. The minimum absolute atomic E-state index is 0.154. The molecule has 0 radical (unpaired) electrons. The van der Waals surface area contributed by atoms with Crippen molar-refractivity contribution in [2.75, 3.05) is 5.73 Å². The van der Waals surface area contributed by atoms with Gasteiger partial charge in [-0.05, 0) is 51.7 Å². The Balaban J connectivity index is 1.29. The summed E-state index contributed by atoms with van der Waals surface area (Å²) >= 11 is 0. The van der Waals surface area contributed by atoms with Crippen LogP contribution in [-0.2, 0) is 23.4 Å². The van der Waals surface area contributed by atoms with Crippen LogP contribution in [0.15, 0.2) is 43.0 Å². The molecule has 0 amide bonds. The highest BCUT2D eigenvalue weighted by molar-refractivity contribution is 7.52. The molecule has 1 aliphatic carbocycles. The highest BCUT2D eigenvalue weighted by Gasteiger charge is 2.44. The van der Waals surface area contributed by atoms with Crippen molar-refractivity contribution in [2.45, 2.75) is 89.1 Å². The van der Waals surface area contributed by atoms with E-state index in [9.17, 15) is 14.5 Å². The molecule has 2 aliphatic rings. The Labute approximate surface area is 232 Å². The van der Waals surface area contributed by atoms with Crippen LogP contribution in [0.3, 0.4) is 0 Å². The van der Waals surface area contributed by atoms with E-state index in [1.807, 2.05) is 0 Å². The van der Waals surface area contributed by atoms with E-state index in [2.05, 4.69) is 20.0 Å². The molecule has 1 saturated carbocycles. The van der Waals surface area contributed by atoms with E-state index < -0.39 is 44.3 Å². The van der Waals surface area contributed by atoms with Crippen LogP contribution < -0.4 is 15.3 Å². The van der Waals surface area contributed by atoms with Crippen LogP contribution in [0, 0.1) is 0 Å². The third-order valence-corrected chi connectivity index (χ3v) is 8.88. The molecule has 1 aromatic carbocycles. The van der Waals surface area contributed by atoms with Gasteiger partial charge in [0, 0.05) is 6.42 Å². The first kappa shape index (κ1) is 28.4. The van der Waals surface area contributed by atoms with E-state index in [1.54, 1.807) is 48.7 Å². The lowest BCUT2D eigenvalue weighted by molar-refractivity contribution is -0.152. The number of nitrogens with two attached hydrogens (primary N) is 1. The smallest absolute Gasteiger partial charge is 0.459 e. The number of esters is 1. The van der Waals surface area contributed by atoms with Crippen LogP contribution in [0.25, 0.3) is 11.2 Å². The molecule has 6 atom stereocenters. The lowest BCUT2D eigenvalue weighted by Crippen LogP contribution is -2.40. The predicted molar refractivity (Wildman–Crippen MR) is 145 cm³/mol. The Kier molecular flexibility index (Phi) is 8.67. The van der Waals surface area contributed by atoms with Crippen molar-refractivity contribution in [3.63, 3.8) is 0 Å². The van der Waals surface area contributed by atoms with Crippen molar-refractivity contribution in [3.8, 4) is 5.75 Å². The van der Waals surface area contributed by atoms with Crippen molar-refractivity contribution in [2.24, 2.45) is 0 Å². The summed E-state index contributed by atoms with van der Waals surface area (Å²) in [6, 6.07) is 7.52. The number of imidazole rings is 1. The molecule has 4 unspecified atom stereocenters. The second-order valence-corrected chi connectivity index (χ2v) is 11.8. The SMILES string of the molecule is CC(NP(=O)(Oc1ccccc1)OC(C)[C@H]1O[C@@H](n2cnc3c(N)ncnc32)CC1O)C(=O)OC1CCCCC1. The Hall–Kier alpha value is -3.09. The number of nitrogens with zero attached hydrogens (tertiary/aromatic N) is 4. The van der Waals surface area contributed by atoms with E-state index in [-0.39, 0.29) is 24.1 Å². The Bertz CT molecular complexity index is 1350. The van der Waals surface area contributed by atoms with Gasteiger partial charge in [-0.3, -0.25) is 13.9 Å². The first-order valence-corrected chi connectivity index (χ1v) is 15.0. The standard InChI is InChI=1S/C26H35N6O7P/c1-16(26(34)36-18-9-5-3-6-10-18)31-40(35,39-19-11-7-4-8-12-19)38-17(2)23-20(33)13-21(37-23)32-15-30-22-24(27)28-14-29-25(22)32/h4,7-8,11-12,14-18,20-21,23,33H,3,5-6,9-10,13H2,1-2H3,(H,31,35)(H2,27,28,29)/t16?,17?,20?,21-,23-,40?/m1/s1. The highest BCUT2D eigenvalue weighted by atomic mass is 31.2. The van der Waals surface area contributed by atoms with Crippen LogP contribution in [0.5, 0.6) is 5.75 Å². The van der Waals surface area contributed by atoms with Crippen molar-refractivity contribution < 1.29 is 33.0 Å². The Morgan fingerprint density at radius 1 is 1.18 bits per heavy atom. The van der Waals surface area contributed by atoms with Crippen LogP contribution in [0.1, 0.15) is 58.6 Å². The minimum Gasteiger partial charge on any atom is -0.461 e. The minimum atomic E-state index is -4.16. The number of aliphatic hydroxyl groups is 1. The van der Waals surface area contributed by atoms with Crippen molar-refractivity contribution in [1.82, 2.24) is 24.6 Å². The normalized spacial score (nSPS) is 24.8. The molecule has 0 spiro atoms. The molecule has 0 bridgehead atoms. The largest absolute Gasteiger partial charge is 0.461 e. The molecular weight excluding hydrogens is 539 g/mol. The molecule has 40 heavy (non-hydrogen) atoms. The Morgan fingerprint density at radius 2 is 1.93 bits per heavy atom. The fraction of sp³-hybridized carbons (Fsp3) is 0.538. The van der Waals surface area contributed by atoms with Crippen LogP contribution >= 0.6 is 7.75 Å². The summed E-state index contributed by atoms with van der Waals surface area (Å²) in [6.45, 7) is 3.17. The topological polar surface area (TPSA) is 173 Å². The highest BCUT2D eigenvalue weighted by Crippen LogP contribution is 2.48. The van der Waals surface area contributed by atoms with Gasteiger partial charge in [-0.1, -0.05) is 24.6 Å². The number of aromatic nitrogens is 4. The van der Waals surface area contributed by atoms with Gasteiger partial charge in [0.05, 0.1) is 18.5 Å². The van der Waals surface area contributed by atoms with E-state index >= 15 is 0 Å². The number of fused-ring (bicyclic) bond motifs is 1. The summed E-state index contributed by atoms with van der Waals surface area (Å²) in [5.41, 5.74) is 6.78. The first-order valence-electron chi connectivity index (χ1n) is 13.5. The summed E-state index contributed by atoms with van der Waals surface area (Å²) in [4.78, 5) is 25.3. The molecular formula is C26H35N6O7P. The summed E-state index contributed by atoms with van der Waals surface area (Å²) in [7, 11) is -4.16. The molecule has 1 aliphatic heterocycles. The van der Waals surface area contributed by atoms with E-state index in [0.717, 1.165) is 32.1 Å². The van der Waals surface area contributed by atoms with Gasteiger partial charge in [-0.25, -0.2) is 19.5 Å². The number of para-hydroxylation sites is 1. The second kappa shape index (κ2) is 12.2. The number of aliphatic hydroxyl groups excluding tert-OH is 1. The van der Waals surface area contributed by atoms with Gasteiger partial charge in [0.2, 0.25) is 0 Å². The number of hydrogen-bond donors (Lipinski definition) is 3. The summed E-state index contributed by atoms with van der Waals surface area (Å²) in [5, 5.41) is 13.6. The number of anilines is 1. The van der Waals surface area contributed by atoms with E-state index in [1.165, 1.54) is 12.7 Å². The fourth-order valence-electron chi connectivity index (χ4n) is 5.07. The number of benzene rings is 1. The third kappa shape index (κ3) is 6.45. The van der Waals surface area contributed by atoms with Crippen molar-refractivity contribution in [3.05, 3.63) is 43.0 Å². The van der Waals surface area contributed by atoms with Gasteiger partial charge in [-0.15, -0.1) is 0 Å². The maximum atomic E-state index is 14.0. The van der Waals surface area contributed by atoms with E-state index in [4.69, 9.17) is 24.3 Å². The lowest BCUT2D eigenvalue weighted by atomic mass is 9.98. The van der Waals surface area contributed by atoms with Crippen LogP contribution in [0.2, 0.25) is 0 Å². The van der Waals surface area contributed by atoms with Gasteiger partial charge in [0.15, 0.2) is 11.5 Å². The molecule has 2 aromatic heterocycles. The average Bonchev–Trinajstić information content (AvgIpc) is 3.54. The number of ether oxygens (including phenoxy) is 2. The lowest BCUT2D eigenvalue weighted by Gasteiger charge is -2.29. The summed E-state index contributed by atoms with van der Waals surface area (Å²) in [6.07, 6.45) is 4.30. The number of nitrogen functional groups attached to an aromatic ring is 1. The maximum Gasteiger partial charge on any atom is 0.459 e. The molecule has 2 fully saturated rings. The summed E-state index contributed by atoms with van der Waals surface area (Å²) in [5.74, 6) is -0.0199. The van der Waals surface area contributed by atoms with Gasteiger partial charge in [-0.2, -0.15) is 5.09 Å². The molecule has 216 valence electrons. The van der Waals surface area contributed by atoms with Gasteiger partial charge < -0.3 is 24.8 Å². The van der Waals surface area contributed by atoms with Crippen molar-refractivity contribution >= 4 is 30.7 Å². The molecule has 3 aromatic rings. The van der Waals surface area contributed by atoms with Crippen molar-refractivity contribution in [1.29, 1.82) is 0 Å². The zero-order valence-electron chi connectivity index (χ0n) is 22.5. The molecule has 14 heteroatoms. The number of nitrogens with one attached hydrogen (secondary N) is 1. The molecule has 4 N–H and O–H groups in total. The van der Waals surface area contributed by atoms with Gasteiger partial charge in [0.25, 0.3) is 0 Å². The second-order valence-electron chi connectivity index (χ2n) is 10.2. The molecule has 3 heterocycles. The van der Waals surface area contributed by atoms with Gasteiger partial charge >= 0.3 is 13.7 Å². The van der Waals surface area contributed by atoms with E-state index in [0.29, 0.717) is 11.2 Å². The zero-order valence-corrected chi connectivity index (χ0v) is 23.4. The number of carbonyl (C=O) groups excluding carboxylic acids is 1. The van der Waals surface area contributed by atoms with Crippen LogP contribution in [0.4, 0.5) is 5.82 Å². The average molecular weight is 575 g/mol. The Morgan fingerprint density at radius 3 is 2.67 bits per heavy atom. The first-order chi connectivity index (χ1) is 19.2. The van der Waals surface area contributed by atoms with Gasteiger partial charge in [0.1, 0.15) is 42.1 Å². The maximum absolute atomic E-state index is 14.0. The third-order valence-electron chi connectivity index (χ3n) is 7.11. The molecule has 5 rings (SSSR count). The number of hydrogen-bond acceptors (Lipinski definition) is 11. The monoisotopic (exact) mass is 574 g/mol. The number of rotatable bonds is 10. The number of carbonyl (C=O) groups is 1.